The van der Waals surface area contributed by atoms with Gasteiger partial charge in [0.25, 0.3) is 11.5 Å². The second-order valence-corrected chi connectivity index (χ2v) is 6.26. The Kier molecular flexibility index (Phi) is 4.05. The zero-order valence-electron chi connectivity index (χ0n) is 14.6. The van der Waals surface area contributed by atoms with Crippen LogP contribution in [0.2, 0.25) is 0 Å². The summed E-state index contributed by atoms with van der Waals surface area (Å²) in [4.78, 5) is 38.7. The van der Waals surface area contributed by atoms with Gasteiger partial charge in [0.05, 0.1) is 22.0 Å². The quantitative estimate of drug-likeness (QED) is 0.599. The third kappa shape index (κ3) is 2.79. The molecule has 3 aromatic carbocycles. The van der Waals surface area contributed by atoms with E-state index >= 15 is 0 Å². The summed E-state index contributed by atoms with van der Waals surface area (Å²) in [6, 6.07) is 20.6. The van der Waals surface area contributed by atoms with Crippen molar-refractivity contribution in [2.24, 2.45) is 7.05 Å². The number of para-hydroxylation sites is 1. The van der Waals surface area contributed by atoms with E-state index in [2.05, 4.69) is 5.32 Å². The van der Waals surface area contributed by atoms with Gasteiger partial charge in [0.1, 0.15) is 0 Å². The van der Waals surface area contributed by atoms with E-state index < -0.39 is 0 Å². The summed E-state index contributed by atoms with van der Waals surface area (Å²) < 4.78 is 1.46. The molecule has 0 atom stereocenters. The first-order valence-corrected chi connectivity index (χ1v) is 8.49. The van der Waals surface area contributed by atoms with Crippen LogP contribution in [0.3, 0.4) is 0 Å². The van der Waals surface area contributed by atoms with Crippen LogP contribution >= 0.6 is 0 Å². The highest BCUT2D eigenvalue weighted by molar-refractivity contribution is 6.09. The van der Waals surface area contributed by atoms with Crippen LogP contribution < -0.4 is 16.3 Å². The van der Waals surface area contributed by atoms with Crippen LogP contribution in [0.4, 0.5) is 5.69 Å². The molecular formula is C22H16N2O3. The highest BCUT2D eigenvalue weighted by Gasteiger charge is 2.14. The van der Waals surface area contributed by atoms with E-state index in [0.717, 1.165) is 0 Å². The van der Waals surface area contributed by atoms with Crippen LogP contribution in [0.25, 0.3) is 21.7 Å². The molecule has 4 rings (SSSR count). The lowest BCUT2D eigenvalue weighted by molar-refractivity contribution is 0.102. The fourth-order valence-electron chi connectivity index (χ4n) is 3.25. The van der Waals surface area contributed by atoms with Gasteiger partial charge in [0, 0.05) is 18.0 Å². The predicted octanol–water partition coefficient (Wildman–Crippen LogP) is 3.30. The summed E-state index contributed by atoms with van der Waals surface area (Å²) in [5.41, 5.74) is 0.759. The zero-order chi connectivity index (χ0) is 19.0. The molecule has 132 valence electrons. The third-order valence-electron chi connectivity index (χ3n) is 4.62. The molecule has 0 bridgehead atoms. The van der Waals surface area contributed by atoms with Gasteiger partial charge < -0.3 is 9.88 Å². The van der Waals surface area contributed by atoms with Crippen molar-refractivity contribution in [1.29, 1.82) is 0 Å². The number of hydrogen-bond acceptors (Lipinski definition) is 3. The fourth-order valence-corrected chi connectivity index (χ4v) is 3.25. The lowest BCUT2D eigenvalue weighted by Gasteiger charge is -2.07. The standard InChI is InChI=1S/C22H16N2O3/c1-24-18-13-6-5-10-15(18)20(25)19-16(22(24)27)11-7-12-17(19)23-21(26)14-8-3-2-4-9-14/h2-13H,1H3,(H,23,26). The SMILES string of the molecule is Cn1c(=O)c2cccc(NC(=O)c3ccccc3)c2c(=O)c2ccccc21. The molecule has 1 aromatic heterocycles. The van der Waals surface area contributed by atoms with Crippen molar-refractivity contribution in [2.75, 3.05) is 5.32 Å². The molecule has 5 nitrogen and oxygen atoms in total. The van der Waals surface area contributed by atoms with Crippen molar-refractivity contribution in [3.05, 3.63) is 98.9 Å². The minimum Gasteiger partial charge on any atom is -0.321 e. The molecule has 4 aromatic rings. The van der Waals surface area contributed by atoms with Crippen molar-refractivity contribution < 1.29 is 4.79 Å². The van der Waals surface area contributed by atoms with Gasteiger partial charge in [0.2, 0.25) is 0 Å². The van der Waals surface area contributed by atoms with E-state index in [1.54, 1.807) is 73.8 Å². The van der Waals surface area contributed by atoms with Gasteiger partial charge in [-0.3, -0.25) is 14.4 Å². The Morgan fingerprint density at radius 1 is 0.815 bits per heavy atom. The lowest BCUT2D eigenvalue weighted by atomic mass is 10.1. The maximum absolute atomic E-state index is 13.2. The molecule has 0 unspecified atom stereocenters. The van der Waals surface area contributed by atoms with Crippen molar-refractivity contribution in [3.63, 3.8) is 0 Å². The first kappa shape index (κ1) is 16.7. The van der Waals surface area contributed by atoms with Gasteiger partial charge in [-0.15, -0.1) is 0 Å². The van der Waals surface area contributed by atoms with Crippen molar-refractivity contribution >= 4 is 33.3 Å². The highest BCUT2D eigenvalue weighted by atomic mass is 16.2. The van der Waals surface area contributed by atoms with Crippen LogP contribution in [0.1, 0.15) is 10.4 Å². The summed E-state index contributed by atoms with van der Waals surface area (Å²) in [6.45, 7) is 0. The first-order chi connectivity index (χ1) is 13.1. The van der Waals surface area contributed by atoms with Crippen LogP contribution in [0, 0.1) is 0 Å². The van der Waals surface area contributed by atoms with E-state index in [-0.39, 0.29) is 27.7 Å². The van der Waals surface area contributed by atoms with E-state index in [4.69, 9.17) is 0 Å². The van der Waals surface area contributed by atoms with Crippen molar-refractivity contribution in [3.8, 4) is 0 Å². The normalized spacial score (nSPS) is 10.9. The Labute approximate surface area is 154 Å². The second-order valence-electron chi connectivity index (χ2n) is 6.26. The molecule has 0 aliphatic rings. The number of fused-ring (bicyclic) bond motifs is 2. The van der Waals surface area contributed by atoms with E-state index in [1.165, 1.54) is 4.57 Å². The number of rotatable bonds is 2. The number of amides is 1. The monoisotopic (exact) mass is 356 g/mol. The third-order valence-corrected chi connectivity index (χ3v) is 4.62. The van der Waals surface area contributed by atoms with Crippen LogP contribution in [0.5, 0.6) is 0 Å². The first-order valence-electron chi connectivity index (χ1n) is 8.49. The number of aromatic nitrogens is 1. The van der Waals surface area contributed by atoms with E-state index in [0.29, 0.717) is 22.2 Å². The molecule has 1 N–H and O–H groups in total. The zero-order valence-corrected chi connectivity index (χ0v) is 14.6. The lowest BCUT2D eigenvalue weighted by Crippen LogP contribution is -2.16. The maximum atomic E-state index is 13.2. The molecule has 1 amide bonds. The molecule has 0 spiro atoms. The highest BCUT2D eigenvalue weighted by Crippen LogP contribution is 2.20. The Morgan fingerprint density at radius 2 is 1.48 bits per heavy atom. The Morgan fingerprint density at radius 3 is 2.26 bits per heavy atom. The van der Waals surface area contributed by atoms with Gasteiger partial charge in [-0.25, -0.2) is 0 Å². The molecule has 1 heterocycles. The largest absolute Gasteiger partial charge is 0.321 e. The minimum atomic E-state index is -0.338. The molecule has 0 saturated carbocycles. The Hall–Kier alpha value is -3.73. The number of carbonyl (C=O) groups excluding carboxylic acids is 1. The van der Waals surface area contributed by atoms with Crippen LogP contribution in [-0.4, -0.2) is 10.5 Å². The smallest absolute Gasteiger partial charge is 0.258 e. The number of nitrogens with zero attached hydrogens (tertiary/aromatic N) is 1. The second kappa shape index (κ2) is 6.53. The van der Waals surface area contributed by atoms with E-state index in [9.17, 15) is 14.4 Å². The molecule has 0 radical (unpaired) electrons. The summed E-state index contributed by atoms with van der Waals surface area (Å²) in [7, 11) is 1.64. The van der Waals surface area contributed by atoms with Crippen LogP contribution in [-0.2, 0) is 7.05 Å². The van der Waals surface area contributed by atoms with Gasteiger partial charge in [-0.2, -0.15) is 0 Å². The van der Waals surface area contributed by atoms with E-state index in [1.807, 2.05) is 6.07 Å². The van der Waals surface area contributed by atoms with Crippen molar-refractivity contribution in [2.45, 2.75) is 0 Å². The molecular weight excluding hydrogens is 340 g/mol. The minimum absolute atomic E-state index is 0.212. The van der Waals surface area contributed by atoms with Crippen LogP contribution in [0.15, 0.2) is 82.4 Å². The number of benzene rings is 3. The summed E-state index contributed by atoms with van der Waals surface area (Å²) in [6.07, 6.45) is 0. The average molecular weight is 356 g/mol. The summed E-state index contributed by atoms with van der Waals surface area (Å²) in [5.74, 6) is -0.338. The van der Waals surface area contributed by atoms with Gasteiger partial charge >= 0.3 is 0 Å². The maximum Gasteiger partial charge on any atom is 0.258 e. The molecule has 0 saturated heterocycles. The average Bonchev–Trinajstić information content (AvgIpc) is 2.79. The van der Waals surface area contributed by atoms with Gasteiger partial charge in [-0.05, 0) is 36.4 Å². The number of anilines is 1. The Balaban J connectivity index is 2.04. The molecule has 27 heavy (non-hydrogen) atoms. The fraction of sp³-hybridized carbons (Fsp3) is 0.0455. The summed E-state index contributed by atoms with van der Waals surface area (Å²) >= 11 is 0. The number of carbonyl (C=O) groups is 1. The predicted molar refractivity (Wildman–Crippen MR) is 107 cm³/mol. The van der Waals surface area contributed by atoms with Crippen molar-refractivity contribution in [1.82, 2.24) is 4.57 Å². The number of hydrogen-bond donors (Lipinski definition) is 1. The molecule has 0 fully saturated rings. The topological polar surface area (TPSA) is 68.2 Å². The Bertz CT molecular complexity index is 1310. The summed E-state index contributed by atoms with van der Waals surface area (Å²) in [5, 5.41) is 3.68. The van der Waals surface area contributed by atoms with Gasteiger partial charge in [0.15, 0.2) is 5.43 Å². The molecule has 0 aliphatic heterocycles. The van der Waals surface area contributed by atoms with Gasteiger partial charge in [-0.1, -0.05) is 36.4 Å². The molecule has 5 heteroatoms. The number of aryl methyl sites for hydroxylation is 1. The molecule has 0 aliphatic carbocycles. The number of nitrogens with one attached hydrogen (secondary N) is 1.